The van der Waals surface area contributed by atoms with E-state index < -0.39 is 0 Å². The average molecular weight is 284 g/mol. The molecule has 2 heterocycles. The summed E-state index contributed by atoms with van der Waals surface area (Å²) in [5, 5.41) is 3.72. The van der Waals surface area contributed by atoms with Crippen molar-refractivity contribution < 1.29 is 4.42 Å². The molecule has 1 aliphatic heterocycles. The zero-order valence-electron chi connectivity index (χ0n) is 12.9. The second kappa shape index (κ2) is 6.04. The number of hydrogen-bond acceptors (Lipinski definition) is 3. The Morgan fingerprint density at radius 2 is 2.00 bits per heavy atom. The van der Waals surface area contributed by atoms with Gasteiger partial charge in [-0.05, 0) is 51.1 Å². The van der Waals surface area contributed by atoms with Crippen molar-refractivity contribution in [1.29, 1.82) is 0 Å². The average Bonchev–Trinajstić information content (AvgIpc) is 2.79. The molecule has 0 radical (unpaired) electrons. The summed E-state index contributed by atoms with van der Waals surface area (Å²) in [5.41, 5.74) is 1.35. The van der Waals surface area contributed by atoms with Crippen molar-refractivity contribution in [3.63, 3.8) is 0 Å². The van der Waals surface area contributed by atoms with Crippen molar-refractivity contribution in [2.45, 2.75) is 32.4 Å². The third-order valence-corrected chi connectivity index (χ3v) is 4.29. The molecule has 0 bridgehead atoms. The summed E-state index contributed by atoms with van der Waals surface area (Å²) >= 11 is 0. The van der Waals surface area contributed by atoms with E-state index in [4.69, 9.17) is 4.42 Å². The van der Waals surface area contributed by atoms with Gasteiger partial charge in [0.05, 0.1) is 12.1 Å². The zero-order chi connectivity index (χ0) is 14.7. The minimum absolute atomic E-state index is 0.000598. The summed E-state index contributed by atoms with van der Waals surface area (Å²) in [4.78, 5) is 2.49. The molecule has 1 aromatic carbocycles. The number of hydrogen-bond donors (Lipinski definition) is 1. The van der Waals surface area contributed by atoms with E-state index in [0.29, 0.717) is 0 Å². The Labute approximate surface area is 127 Å². The van der Waals surface area contributed by atoms with Crippen LogP contribution in [0, 0.1) is 6.92 Å². The van der Waals surface area contributed by atoms with Gasteiger partial charge in [0.2, 0.25) is 0 Å². The summed E-state index contributed by atoms with van der Waals surface area (Å²) in [6.07, 6.45) is 1.17. The van der Waals surface area contributed by atoms with Gasteiger partial charge in [-0.25, -0.2) is 0 Å². The quantitative estimate of drug-likeness (QED) is 0.937. The van der Waals surface area contributed by atoms with E-state index in [1.807, 2.05) is 13.0 Å². The van der Waals surface area contributed by atoms with Gasteiger partial charge < -0.3 is 9.73 Å². The van der Waals surface area contributed by atoms with Crippen molar-refractivity contribution in [2.75, 3.05) is 19.6 Å². The van der Waals surface area contributed by atoms with Crippen molar-refractivity contribution in [2.24, 2.45) is 0 Å². The SMILES string of the molecule is Cc1ccc(CN2CCCNC(C)(c3ccccc3)C2)o1. The second-order valence-electron chi connectivity index (χ2n) is 6.20. The molecule has 1 N–H and O–H groups in total. The van der Waals surface area contributed by atoms with Crippen molar-refractivity contribution in [3.8, 4) is 0 Å². The van der Waals surface area contributed by atoms with Gasteiger partial charge in [0.25, 0.3) is 0 Å². The number of nitrogens with zero attached hydrogens (tertiary/aromatic N) is 1. The van der Waals surface area contributed by atoms with Crippen LogP contribution in [0.25, 0.3) is 0 Å². The first-order chi connectivity index (χ1) is 10.2. The van der Waals surface area contributed by atoms with Crippen LogP contribution in [-0.2, 0) is 12.1 Å². The second-order valence-corrected chi connectivity index (χ2v) is 6.20. The molecule has 1 unspecified atom stereocenters. The summed E-state index contributed by atoms with van der Waals surface area (Å²) in [6.45, 7) is 8.35. The van der Waals surface area contributed by atoms with Gasteiger partial charge >= 0.3 is 0 Å². The van der Waals surface area contributed by atoms with Crippen molar-refractivity contribution in [1.82, 2.24) is 10.2 Å². The van der Waals surface area contributed by atoms with Crippen LogP contribution in [0.15, 0.2) is 46.9 Å². The minimum atomic E-state index is -0.000598. The van der Waals surface area contributed by atoms with Gasteiger partial charge in [0.1, 0.15) is 11.5 Å². The first-order valence-corrected chi connectivity index (χ1v) is 7.74. The number of nitrogens with one attached hydrogen (secondary N) is 1. The zero-order valence-corrected chi connectivity index (χ0v) is 12.9. The van der Waals surface area contributed by atoms with Gasteiger partial charge in [-0.15, -0.1) is 0 Å². The molecule has 1 aliphatic rings. The number of rotatable bonds is 3. The minimum Gasteiger partial charge on any atom is -0.465 e. The lowest BCUT2D eigenvalue weighted by Crippen LogP contribution is -2.46. The van der Waals surface area contributed by atoms with E-state index in [1.54, 1.807) is 0 Å². The Kier molecular flexibility index (Phi) is 4.13. The number of aryl methyl sites for hydroxylation is 1. The maximum Gasteiger partial charge on any atom is 0.118 e. The van der Waals surface area contributed by atoms with Crippen LogP contribution in [0.2, 0.25) is 0 Å². The highest BCUT2D eigenvalue weighted by atomic mass is 16.3. The Morgan fingerprint density at radius 1 is 1.19 bits per heavy atom. The van der Waals surface area contributed by atoms with Crippen LogP contribution in [0.5, 0.6) is 0 Å². The van der Waals surface area contributed by atoms with E-state index >= 15 is 0 Å². The van der Waals surface area contributed by atoms with E-state index in [1.165, 1.54) is 12.0 Å². The molecule has 0 spiro atoms. The third kappa shape index (κ3) is 3.36. The largest absolute Gasteiger partial charge is 0.465 e. The maximum absolute atomic E-state index is 5.74. The molecule has 0 amide bonds. The number of benzene rings is 1. The summed E-state index contributed by atoms with van der Waals surface area (Å²) in [6, 6.07) is 14.9. The summed E-state index contributed by atoms with van der Waals surface area (Å²) in [5.74, 6) is 2.05. The fourth-order valence-corrected chi connectivity index (χ4v) is 3.17. The molecule has 1 fully saturated rings. The molecule has 1 atom stereocenters. The van der Waals surface area contributed by atoms with Crippen molar-refractivity contribution >= 4 is 0 Å². The Bertz CT molecular complexity index is 578. The molecule has 3 rings (SSSR count). The van der Waals surface area contributed by atoms with Crippen LogP contribution < -0.4 is 5.32 Å². The Hall–Kier alpha value is -1.58. The lowest BCUT2D eigenvalue weighted by Gasteiger charge is -2.34. The van der Waals surface area contributed by atoms with Crippen molar-refractivity contribution in [3.05, 3.63) is 59.5 Å². The first-order valence-electron chi connectivity index (χ1n) is 7.74. The van der Waals surface area contributed by atoms with E-state index in [9.17, 15) is 0 Å². The van der Waals surface area contributed by atoms with Gasteiger partial charge in [-0.2, -0.15) is 0 Å². The molecule has 1 saturated heterocycles. The summed E-state index contributed by atoms with van der Waals surface area (Å²) < 4.78 is 5.74. The van der Waals surface area contributed by atoms with Gasteiger partial charge in [-0.1, -0.05) is 30.3 Å². The summed E-state index contributed by atoms with van der Waals surface area (Å²) in [7, 11) is 0. The first kappa shape index (κ1) is 14.4. The molecule has 3 heteroatoms. The molecule has 2 aromatic rings. The predicted molar refractivity (Wildman–Crippen MR) is 85.1 cm³/mol. The molecular formula is C18H24N2O. The highest BCUT2D eigenvalue weighted by Gasteiger charge is 2.30. The van der Waals surface area contributed by atoms with Crippen LogP contribution in [0.3, 0.4) is 0 Å². The Morgan fingerprint density at radius 3 is 2.71 bits per heavy atom. The van der Waals surface area contributed by atoms with Gasteiger partial charge in [-0.3, -0.25) is 4.90 Å². The molecule has 0 saturated carbocycles. The molecule has 3 nitrogen and oxygen atoms in total. The fraction of sp³-hybridized carbons (Fsp3) is 0.444. The normalized spacial score (nSPS) is 23.9. The monoisotopic (exact) mass is 284 g/mol. The van der Waals surface area contributed by atoms with Gasteiger partial charge in [0, 0.05) is 6.54 Å². The van der Waals surface area contributed by atoms with Gasteiger partial charge in [0.15, 0.2) is 0 Å². The standard InChI is InChI=1S/C18H24N2O/c1-15-9-10-17(21-15)13-20-12-6-11-19-18(2,14-20)16-7-4-3-5-8-16/h3-5,7-10,19H,6,11-14H2,1-2H3. The molecule has 112 valence electrons. The predicted octanol–water partition coefficient (Wildman–Crippen LogP) is 3.30. The smallest absolute Gasteiger partial charge is 0.118 e. The van der Waals surface area contributed by atoms with E-state index in [0.717, 1.165) is 37.7 Å². The molecular weight excluding hydrogens is 260 g/mol. The van der Waals surface area contributed by atoms with E-state index in [2.05, 4.69) is 53.5 Å². The highest BCUT2D eigenvalue weighted by molar-refractivity contribution is 5.24. The third-order valence-electron chi connectivity index (χ3n) is 4.29. The van der Waals surface area contributed by atoms with Crippen LogP contribution in [0.4, 0.5) is 0 Å². The van der Waals surface area contributed by atoms with Crippen LogP contribution in [0.1, 0.15) is 30.4 Å². The molecule has 1 aromatic heterocycles. The fourth-order valence-electron chi connectivity index (χ4n) is 3.17. The number of furan rings is 1. The van der Waals surface area contributed by atoms with Crippen LogP contribution >= 0.6 is 0 Å². The molecule has 21 heavy (non-hydrogen) atoms. The van der Waals surface area contributed by atoms with Crippen LogP contribution in [-0.4, -0.2) is 24.5 Å². The highest BCUT2D eigenvalue weighted by Crippen LogP contribution is 2.25. The van der Waals surface area contributed by atoms with E-state index in [-0.39, 0.29) is 5.54 Å². The Balaban J connectivity index is 1.77. The topological polar surface area (TPSA) is 28.4 Å². The molecule has 0 aliphatic carbocycles. The lowest BCUT2D eigenvalue weighted by atomic mass is 9.91. The lowest BCUT2D eigenvalue weighted by molar-refractivity contribution is 0.199. The maximum atomic E-state index is 5.74.